The summed E-state index contributed by atoms with van der Waals surface area (Å²) in [4.78, 5) is 16.8. The minimum atomic E-state index is -0.842. The molecule has 2 rings (SSSR count). The Kier molecular flexibility index (Phi) is 1.96. The molecule has 0 aliphatic carbocycles. The van der Waals surface area contributed by atoms with Gasteiger partial charge in [-0.05, 0) is 12.1 Å². The van der Waals surface area contributed by atoms with Crippen molar-refractivity contribution in [2.24, 2.45) is 0 Å². The second-order valence-electron chi connectivity index (χ2n) is 3.04. The van der Waals surface area contributed by atoms with Crippen molar-refractivity contribution < 1.29 is 9.18 Å². The summed E-state index contributed by atoms with van der Waals surface area (Å²) >= 11 is 0. The smallest absolute Gasteiger partial charge is 0.254 e. The molecule has 0 bridgehead atoms. The van der Waals surface area contributed by atoms with Crippen LogP contribution in [0.25, 0.3) is 0 Å². The third-order valence-corrected chi connectivity index (χ3v) is 2.05. The highest BCUT2D eigenvalue weighted by Crippen LogP contribution is 2.14. The molecule has 1 amide bonds. The SMILES string of the molecule is O=C(c1ccncc1)N1CC(F)C1. The first-order chi connectivity index (χ1) is 6.27. The maximum Gasteiger partial charge on any atom is 0.254 e. The van der Waals surface area contributed by atoms with Crippen LogP contribution in [0.5, 0.6) is 0 Å². The number of aromatic nitrogens is 1. The molecule has 0 saturated carbocycles. The molecule has 0 N–H and O–H groups in total. The van der Waals surface area contributed by atoms with Gasteiger partial charge in [-0.15, -0.1) is 0 Å². The van der Waals surface area contributed by atoms with Crippen LogP contribution in [0.4, 0.5) is 4.39 Å². The van der Waals surface area contributed by atoms with Crippen LogP contribution in [0, 0.1) is 0 Å². The van der Waals surface area contributed by atoms with Gasteiger partial charge in [-0.1, -0.05) is 0 Å². The number of rotatable bonds is 1. The topological polar surface area (TPSA) is 33.2 Å². The van der Waals surface area contributed by atoms with Crippen LogP contribution >= 0.6 is 0 Å². The largest absolute Gasteiger partial charge is 0.333 e. The first-order valence-electron chi connectivity index (χ1n) is 4.11. The average molecular weight is 180 g/mol. The molecule has 1 aliphatic rings. The number of pyridine rings is 1. The molecule has 0 atom stereocenters. The highest BCUT2D eigenvalue weighted by atomic mass is 19.1. The summed E-state index contributed by atoms with van der Waals surface area (Å²) in [7, 11) is 0. The van der Waals surface area contributed by atoms with Gasteiger partial charge in [-0.25, -0.2) is 4.39 Å². The summed E-state index contributed by atoms with van der Waals surface area (Å²) in [6, 6.07) is 3.27. The number of likely N-dealkylation sites (tertiary alicyclic amines) is 1. The summed E-state index contributed by atoms with van der Waals surface area (Å²) in [5.41, 5.74) is 0.571. The number of hydrogen-bond donors (Lipinski definition) is 0. The second kappa shape index (κ2) is 3.12. The first kappa shape index (κ1) is 8.16. The highest BCUT2D eigenvalue weighted by Gasteiger charge is 2.30. The van der Waals surface area contributed by atoms with E-state index in [-0.39, 0.29) is 19.0 Å². The number of carbonyl (C=O) groups is 1. The highest BCUT2D eigenvalue weighted by molar-refractivity contribution is 5.94. The van der Waals surface area contributed by atoms with Gasteiger partial charge in [0, 0.05) is 18.0 Å². The number of alkyl halides is 1. The van der Waals surface area contributed by atoms with Gasteiger partial charge in [-0.2, -0.15) is 0 Å². The number of carbonyl (C=O) groups excluding carboxylic acids is 1. The van der Waals surface area contributed by atoms with Gasteiger partial charge in [-0.3, -0.25) is 9.78 Å². The molecule has 1 fully saturated rings. The zero-order valence-electron chi connectivity index (χ0n) is 6.98. The van der Waals surface area contributed by atoms with Gasteiger partial charge in [0.15, 0.2) is 0 Å². The molecular formula is C9H9FN2O. The lowest BCUT2D eigenvalue weighted by molar-refractivity contribution is 0.0400. The van der Waals surface area contributed by atoms with Crippen molar-refractivity contribution >= 4 is 5.91 Å². The van der Waals surface area contributed by atoms with Crippen molar-refractivity contribution in [3.63, 3.8) is 0 Å². The third kappa shape index (κ3) is 1.52. The van der Waals surface area contributed by atoms with Crippen molar-refractivity contribution in [2.45, 2.75) is 6.17 Å². The summed E-state index contributed by atoms with van der Waals surface area (Å²) in [5.74, 6) is -0.115. The fourth-order valence-corrected chi connectivity index (χ4v) is 1.27. The van der Waals surface area contributed by atoms with E-state index in [9.17, 15) is 9.18 Å². The lowest BCUT2D eigenvalue weighted by Gasteiger charge is -2.34. The fraction of sp³-hybridized carbons (Fsp3) is 0.333. The van der Waals surface area contributed by atoms with Crippen molar-refractivity contribution in [1.29, 1.82) is 0 Å². The van der Waals surface area contributed by atoms with Crippen LogP contribution in [0.3, 0.4) is 0 Å². The van der Waals surface area contributed by atoms with E-state index in [2.05, 4.69) is 4.98 Å². The lowest BCUT2D eigenvalue weighted by Crippen LogP contribution is -2.51. The fourth-order valence-electron chi connectivity index (χ4n) is 1.27. The van der Waals surface area contributed by atoms with Crippen LogP contribution < -0.4 is 0 Å². The van der Waals surface area contributed by atoms with Gasteiger partial charge in [0.1, 0.15) is 6.17 Å². The number of nitrogens with zero attached hydrogens (tertiary/aromatic N) is 2. The maximum absolute atomic E-state index is 12.4. The maximum atomic E-state index is 12.4. The molecule has 1 saturated heterocycles. The van der Waals surface area contributed by atoms with E-state index in [4.69, 9.17) is 0 Å². The van der Waals surface area contributed by atoms with Crippen molar-refractivity contribution in [1.82, 2.24) is 9.88 Å². The Balaban J connectivity index is 2.06. The Labute approximate surface area is 75.2 Å². The second-order valence-corrected chi connectivity index (χ2v) is 3.04. The molecule has 68 valence electrons. The Hall–Kier alpha value is -1.45. The van der Waals surface area contributed by atoms with E-state index in [1.807, 2.05) is 0 Å². The number of hydrogen-bond acceptors (Lipinski definition) is 2. The summed E-state index contributed by atoms with van der Waals surface area (Å²) < 4.78 is 12.4. The predicted octanol–water partition coefficient (Wildman–Crippen LogP) is 0.875. The van der Waals surface area contributed by atoms with E-state index >= 15 is 0 Å². The van der Waals surface area contributed by atoms with Crippen molar-refractivity contribution in [3.8, 4) is 0 Å². The van der Waals surface area contributed by atoms with Gasteiger partial charge < -0.3 is 4.90 Å². The minimum Gasteiger partial charge on any atom is -0.333 e. The molecule has 4 heteroatoms. The molecule has 0 unspecified atom stereocenters. The summed E-state index contributed by atoms with van der Waals surface area (Å²) in [6.45, 7) is 0.447. The van der Waals surface area contributed by atoms with Crippen LogP contribution in [0.15, 0.2) is 24.5 Å². The minimum absolute atomic E-state index is 0.115. The zero-order chi connectivity index (χ0) is 9.26. The molecule has 1 aliphatic heterocycles. The molecular weight excluding hydrogens is 171 g/mol. The van der Waals surface area contributed by atoms with E-state index in [0.29, 0.717) is 5.56 Å². The summed E-state index contributed by atoms with van der Waals surface area (Å²) in [5, 5.41) is 0. The molecule has 2 heterocycles. The van der Waals surface area contributed by atoms with E-state index in [0.717, 1.165) is 0 Å². The Morgan fingerprint density at radius 3 is 2.62 bits per heavy atom. The van der Waals surface area contributed by atoms with E-state index in [1.54, 1.807) is 24.5 Å². The van der Waals surface area contributed by atoms with Crippen LogP contribution in [0.1, 0.15) is 10.4 Å². The molecule has 0 aromatic carbocycles. The quantitative estimate of drug-likeness (QED) is 0.642. The van der Waals surface area contributed by atoms with Gasteiger partial charge in [0.25, 0.3) is 5.91 Å². The van der Waals surface area contributed by atoms with Crippen molar-refractivity contribution in [3.05, 3.63) is 30.1 Å². The molecule has 13 heavy (non-hydrogen) atoms. The molecule has 1 aromatic rings. The number of amides is 1. The van der Waals surface area contributed by atoms with Gasteiger partial charge in [0.05, 0.1) is 13.1 Å². The van der Waals surface area contributed by atoms with E-state index in [1.165, 1.54) is 4.90 Å². The summed E-state index contributed by atoms with van der Waals surface area (Å²) in [6.07, 6.45) is 2.27. The first-order valence-corrected chi connectivity index (χ1v) is 4.11. The number of halogens is 1. The zero-order valence-corrected chi connectivity index (χ0v) is 6.98. The molecule has 0 spiro atoms. The monoisotopic (exact) mass is 180 g/mol. The lowest BCUT2D eigenvalue weighted by atomic mass is 10.1. The average Bonchev–Trinajstić information content (AvgIpc) is 2.13. The van der Waals surface area contributed by atoms with Crippen molar-refractivity contribution in [2.75, 3.05) is 13.1 Å². The Bertz CT molecular complexity index is 309. The Morgan fingerprint density at radius 2 is 2.08 bits per heavy atom. The molecule has 3 nitrogen and oxygen atoms in total. The van der Waals surface area contributed by atoms with Crippen LogP contribution in [-0.2, 0) is 0 Å². The predicted molar refractivity (Wildman–Crippen MR) is 45.0 cm³/mol. The van der Waals surface area contributed by atoms with Gasteiger partial charge in [0.2, 0.25) is 0 Å². The van der Waals surface area contributed by atoms with Crippen LogP contribution in [-0.4, -0.2) is 35.1 Å². The molecule has 0 radical (unpaired) electrons. The van der Waals surface area contributed by atoms with E-state index < -0.39 is 6.17 Å². The standard InChI is InChI=1S/C9H9FN2O/c10-8-5-12(6-8)9(13)7-1-3-11-4-2-7/h1-4,8H,5-6H2. The normalized spacial score (nSPS) is 16.8. The van der Waals surface area contributed by atoms with Gasteiger partial charge >= 0.3 is 0 Å². The third-order valence-electron chi connectivity index (χ3n) is 2.05. The Morgan fingerprint density at radius 1 is 1.46 bits per heavy atom. The molecule has 1 aromatic heterocycles. The van der Waals surface area contributed by atoms with Crippen LogP contribution in [0.2, 0.25) is 0 Å².